The summed E-state index contributed by atoms with van der Waals surface area (Å²) in [6.45, 7) is 5.19. The molecule has 2 aromatic carbocycles. The number of rotatable bonds is 7. The zero-order valence-electron chi connectivity index (χ0n) is 16.4. The summed E-state index contributed by atoms with van der Waals surface area (Å²) in [5.41, 5.74) is 2.95. The summed E-state index contributed by atoms with van der Waals surface area (Å²) in [5, 5.41) is 2.83. The quantitative estimate of drug-likeness (QED) is 0.758. The molecule has 0 aliphatic rings. The molecule has 0 bridgehead atoms. The number of amides is 2. The van der Waals surface area contributed by atoms with Gasteiger partial charge in [-0.25, -0.2) is 0 Å². The Hall–Kier alpha value is -3.08. The molecule has 0 saturated heterocycles. The highest BCUT2D eigenvalue weighted by molar-refractivity contribution is 6.05. The van der Waals surface area contributed by atoms with Gasteiger partial charge in [0.1, 0.15) is 0 Å². The zero-order valence-corrected chi connectivity index (χ0v) is 16.4. The smallest absolute Gasteiger partial charge is 0.256 e. The van der Waals surface area contributed by atoms with Crippen molar-refractivity contribution >= 4 is 29.3 Å². The molecule has 0 aromatic heterocycles. The Kier molecular flexibility index (Phi) is 7.17. The number of carbonyl (C=O) groups is 2. The molecule has 0 aliphatic heterocycles. The van der Waals surface area contributed by atoms with Crippen LogP contribution in [0.5, 0.6) is 0 Å². The average Bonchev–Trinajstić information content (AvgIpc) is 2.67. The summed E-state index contributed by atoms with van der Waals surface area (Å²) >= 11 is 0. The fourth-order valence-corrected chi connectivity index (χ4v) is 2.78. The van der Waals surface area contributed by atoms with Crippen molar-refractivity contribution in [1.82, 2.24) is 4.90 Å². The molecule has 0 saturated carbocycles. The predicted octanol–water partition coefficient (Wildman–Crippen LogP) is 3.89. The first-order valence-corrected chi connectivity index (χ1v) is 9.11. The van der Waals surface area contributed by atoms with Crippen molar-refractivity contribution in [3.05, 3.63) is 65.7 Å². The van der Waals surface area contributed by atoms with Crippen LogP contribution in [0.4, 0.5) is 11.4 Å². The summed E-state index contributed by atoms with van der Waals surface area (Å²) in [6, 6.07) is 15.0. The van der Waals surface area contributed by atoms with Gasteiger partial charge in [0.15, 0.2) is 0 Å². The third kappa shape index (κ3) is 5.45. The molecule has 5 heteroatoms. The van der Waals surface area contributed by atoms with Gasteiger partial charge in [-0.15, -0.1) is 0 Å². The predicted molar refractivity (Wildman–Crippen MR) is 112 cm³/mol. The Labute approximate surface area is 161 Å². The maximum absolute atomic E-state index is 12.9. The van der Waals surface area contributed by atoms with Crippen LogP contribution in [0.3, 0.4) is 0 Å². The third-order valence-electron chi connectivity index (χ3n) is 4.25. The van der Waals surface area contributed by atoms with Crippen LogP contribution >= 0.6 is 0 Å². The summed E-state index contributed by atoms with van der Waals surface area (Å²) in [7, 11) is 3.80. The molecular weight excluding hydrogens is 338 g/mol. The number of anilines is 2. The Morgan fingerprint density at radius 1 is 1.00 bits per heavy atom. The largest absolute Gasteiger partial charge is 0.377 e. The zero-order chi connectivity index (χ0) is 19.8. The molecule has 2 amide bonds. The van der Waals surface area contributed by atoms with E-state index >= 15 is 0 Å². The highest BCUT2D eigenvalue weighted by atomic mass is 16.2. The van der Waals surface area contributed by atoms with Crippen molar-refractivity contribution in [3.8, 4) is 0 Å². The second-order valence-corrected chi connectivity index (χ2v) is 6.34. The van der Waals surface area contributed by atoms with Crippen LogP contribution in [-0.2, 0) is 4.79 Å². The molecule has 2 rings (SSSR count). The Bertz CT molecular complexity index is 810. The third-order valence-corrected chi connectivity index (χ3v) is 4.25. The van der Waals surface area contributed by atoms with E-state index < -0.39 is 0 Å². The van der Waals surface area contributed by atoms with E-state index in [9.17, 15) is 9.59 Å². The summed E-state index contributed by atoms with van der Waals surface area (Å²) in [5.74, 6) is -0.280. The number of hydrogen-bond acceptors (Lipinski definition) is 3. The average molecular weight is 365 g/mol. The first-order chi connectivity index (χ1) is 13.0. The number of hydrogen-bond donors (Lipinski definition) is 1. The van der Waals surface area contributed by atoms with Crippen molar-refractivity contribution in [3.63, 3.8) is 0 Å². The SMILES string of the molecule is CCN(CC)C(=O)c1cc(NC(=O)/C=C/c2ccccc2)ccc1N(C)C. The fraction of sp³-hybridized carbons (Fsp3) is 0.273. The van der Waals surface area contributed by atoms with Gasteiger partial charge in [0.05, 0.1) is 5.56 Å². The van der Waals surface area contributed by atoms with Gasteiger partial charge in [-0.1, -0.05) is 30.3 Å². The molecule has 0 fully saturated rings. The summed E-state index contributed by atoms with van der Waals surface area (Å²) in [6.07, 6.45) is 3.24. The van der Waals surface area contributed by atoms with E-state index in [1.54, 1.807) is 17.0 Å². The molecule has 0 atom stereocenters. The molecule has 2 aromatic rings. The molecule has 0 unspecified atom stereocenters. The van der Waals surface area contributed by atoms with Gasteiger partial charge < -0.3 is 15.1 Å². The van der Waals surface area contributed by atoms with Gasteiger partial charge in [0.25, 0.3) is 5.91 Å². The minimum Gasteiger partial charge on any atom is -0.377 e. The number of nitrogens with one attached hydrogen (secondary N) is 1. The molecule has 0 aliphatic carbocycles. The normalized spacial score (nSPS) is 10.7. The van der Waals surface area contributed by atoms with Crippen molar-refractivity contribution in [2.75, 3.05) is 37.4 Å². The lowest BCUT2D eigenvalue weighted by Crippen LogP contribution is -2.31. The van der Waals surface area contributed by atoms with Crippen molar-refractivity contribution < 1.29 is 9.59 Å². The highest BCUT2D eigenvalue weighted by Gasteiger charge is 2.18. The standard InChI is InChI=1S/C22H27N3O2/c1-5-25(6-2)22(27)19-16-18(13-14-20(19)24(3)4)23-21(26)15-12-17-10-8-7-9-11-17/h7-16H,5-6H2,1-4H3,(H,23,26)/b15-12+. The van der Waals surface area contributed by atoms with Crippen LogP contribution in [0.15, 0.2) is 54.6 Å². The van der Waals surface area contributed by atoms with E-state index in [0.717, 1.165) is 11.3 Å². The van der Waals surface area contributed by atoms with Crippen molar-refractivity contribution in [2.45, 2.75) is 13.8 Å². The van der Waals surface area contributed by atoms with E-state index in [1.807, 2.05) is 75.3 Å². The molecular formula is C22H27N3O2. The van der Waals surface area contributed by atoms with E-state index in [2.05, 4.69) is 5.32 Å². The molecule has 27 heavy (non-hydrogen) atoms. The molecule has 0 radical (unpaired) electrons. The monoisotopic (exact) mass is 365 g/mol. The highest BCUT2D eigenvalue weighted by Crippen LogP contribution is 2.24. The topological polar surface area (TPSA) is 52.7 Å². The minimum absolute atomic E-state index is 0.0420. The number of nitrogens with zero attached hydrogens (tertiary/aromatic N) is 2. The van der Waals surface area contributed by atoms with Gasteiger partial charge in [0.2, 0.25) is 5.91 Å². The first kappa shape index (κ1) is 20.2. The lowest BCUT2D eigenvalue weighted by Gasteiger charge is -2.23. The second-order valence-electron chi connectivity index (χ2n) is 6.34. The van der Waals surface area contributed by atoms with Crippen LogP contribution in [0.1, 0.15) is 29.8 Å². The van der Waals surface area contributed by atoms with Gasteiger partial charge in [-0.05, 0) is 43.7 Å². The van der Waals surface area contributed by atoms with Crippen molar-refractivity contribution in [1.29, 1.82) is 0 Å². The maximum atomic E-state index is 12.9. The number of carbonyl (C=O) groups excluding carboxylic acids is 2. The van der Waals surface area contributed by atoms with E-state index in [4.69, 9.17) is 0 Å². The van der Waals surface area contributed by atoms with Gasteiger partial charge in [-0.3, -0.25) is 9.59 Å². The Balaban J connectivity index is 2.22. The van der Waals surface area contributed by atoms with E-state index in [1.165, 1.54) is 6.08 Å². The van der Waals surface area contributed by atoms with Gasteiger partial charge in [0, 0.05) is 44.6 Å². The molecule has 0 heterocycles. The van der Waals surface area contributed by atoms with Gasteiger partial charge >= 0.3 is 0 Å². The minimum atomic E-state index is -0.238. The van der Waals surface area contributed by atoms with Gasteiger partial charge in [-0.2, -0.15) is 0 Å². The molecule has 142 valence electrons. The number of benzene rings is 2. The van der Waals surface area contributed by atoms with Crippen LogP contribution in [0, 0.1) is 0 Å². The molecule has 0 spiro atoms. The summed E-state index contributed by atoms with van der Waals surface area (Å²) < 4.78 is 0. The van der Waals surface area contributed by atoms with Crippen LogP contribution in [0.25, 0.3) is 6.08 Å². The van der Waals surface area contributed by atoms with Crippen LogP contribution in [0.2, 0.25) is 0 Å². The molecule has 1 N–H and O–H groups in total. The maximum Gasteiger partial charge on any atom is 0.256 e. The lowest BCUT2D eigenvalue weighted by atomic mass is 10.1. The van der Waals surface area contributed by atoms with Crippen LogP contribution in [-0.4, -0.2) is 43.9 Å². The van der Waals surface area contributed by atoms with Crippen LogP contribution < -0.4 is 10.2 Å². The molecule has 5 nitrogen and oxygen atoms in total. The lowest BCUT2D eigenvalue weighted by molar-refractivity contribution is -0.111. The van der Waals surface area contributed by atoms with E-state index in [-0.39, 0.29) is 11.8 Å². The second kappa shape index (κ2) is 9.57. The summed E-state index contributed by atoms with van der Waals surface area (Å²) in [4.78, 5) is 28.7. The van der Waals surface area contributed by atoms with E-state index in [0.29, 0.717) is 24.3 Å². The van der Waals surface area contributed by atoms with Crippen molar-refractivity contribution in [2.24, 2.45) is 0 Å². The first-order valence-electron chi connectivity index (χ1n) is 9.11. The Morgan fingerprint density at radius 3 is 2.26 bits per heavy atom. The Morgan fingerprint density at radius 2 is 1.67 bits per heavy atom. The fourth-order valence-electron chi connectivity index (χ4n) is 2.78.